The summed E-state index contributed by atoms with van der Waals surface area (Å²) in [6.07, 6.45) is 0. The fourth-order valence-corrected chi connectivity index (χ4v) is 2.56. The second kappa shape index (κ2) is 8.76. The Labute approximate surface area is 154 Å². The van der Waals surface area contributed by atoms with E-state index in [9.17, 15) is 9.59 Å². The van der Waals surface area contributed by atoms with Crippen LogP contribution in [0.15, 0.2) is 6.07 Å². The standard InChI is InChI=1S/C8H3Cl3O2Se2.2Li/c9-3-1-2(7(12)14)4(8(13)15)6(11)5(3)10;;/h1H,(H,12,14)(H,13,15);;/q;2*+1/p-2. The molecule has 0 N–H and O–H groups in total. The zero-order chi connectivity index (χ0) is 11.7. The van der Waals surface area contributed by atoms with Gasteiger partial charge in [-0.05, 0) is 0 Å². The van der Waals surface area contributed by atoms with Gasteiger partial charge in [-0.2, -0.15) is 0 Å². The first-order valence-electron chi connectivity index (χ1n) is 3.46. The molecule has 80 valence electrons. The normalized spacial score (nSPS) is 8.88. The molecule has 0 heterocycles. The van der Waals surface area contributed by atoms with Gasteiger partial charge in [0, 0.05) is 0 Å². The number of carbonyl (C=O) groups is 2. The van der Waals surface area contributed by atoms with Crippen molar-refractivity contribution in [3.63, 3.8) is 0 Å². The van der Waals surface area contributed by atoms with Crippen molar-refractivity contribution in [3.8, 4) is 0 Å². The zero-order valence-electron chi connectivity index (χ0n) is 8.84. The Morgan fingerprint density at radius 3 is 1.76 bits per heavy atom. The third kappa shape index (κ3) is 4.93. The van der Waals surface area contributed by atoms with E-state index in [1.165, 1.54) is 6.07 Å². The minimum Gasteiger partial charge on any atom is 1.00 e. The second-order valence-electron chi connectivity index (χ2n) is 2.48. The second-order valence-corrected chi connectivity index (χ2v) is 5.20. The molecule has 1 aromatic carbocycles. The summed E-state index contributed by atoms with van der Waals surface area (Å²) >= 11 is 21.8. The molecular formula is C8HCl3Li2O2Se2. The van der Waals surface area contributed by atoms with E-state index in [0.717, 1.165) is 0 Å². The summed E-state index contributed by atoms with van der Waals surface area (Å²) in [5.41, 5.74) is 0.146. The van der Waals surface area contributed by atoms with Gasteiger partial charge in [0.1, 0.15) is 0 Å². The van der Waals surface area contributed by atoms with Gasteiger partial charge >= 0.3 is 156 Å². The Bertz CT molecular complexity index is 469. The quantitative estimate of drug-likeness (QED) is 0.374. The maximum atomic E-state index is 11.2. The first kappa shape index (κ1) is 21.0. The van der Waals surface area contributed by atoms with Crippen molar-refractivity contribution in [2.24, 2.45) is 0 Å². The molecule has 0 radical (unpaired) electrons. The predicted molar refractivity (Wildman–Crippen MR) is 61.6 cm³/mol. The molecule has 0 saturated heterocycles. The van der Waals surface area contributed by atoms with Gasteiger partial charge in [-0.3, -0.25) is 0 Å². The molecule has 0 fully saturated rings. The minimum absolute atomic E-state index is 0. The Morgan fingerprint density at radius 1 is 0.941 bits per heavy atom. The number of carbonyl (C=O) groups excluding carboxylic acids is 2. The van der Waals surface area contributed by atoms with Crippen molar-refractivity contribution < 1.29 is 47.3 Å². The Morgan fingerprint density at radius 2 is 1.41 bits per heavy atom. The van der Waals surface area contributed by atoms with E-state index in [0.29, 0.717) is 0 Å². The summed E-state index contributed by atoms with van der Waals surface area (Å²) < 4.78 is -0.883. The summed E-state index contributed by atoms with van der Waals surface area (Å²) in [5.74, 6) is 0. The maximum Gasteiger partial charge on any atom is 1.00 e. The van der Waals surface area contributed by atoms with Crippen LogP contribution in [0.1, 0.15) is 20.7 Å². The van der Waals surface area contributed by atoms with E-state index in [1.54, 1.807) is 0 Å². The van der Waals surface area contributed by atoms with Crippen molar-refractivity contribution in [1.29, 1.82) is 0 Å². The largest absolute Gasteiger partial charge is 1.00 e. The molecule has 1 aromatic rings. The van der Waals surface area contributed by atoms with Gasteiger partial charge in [0.2, 0.25) is 0 Å². The number of hydrogen-bond donors (Lipinski definition) is 0. The molecule has 0 atom stereocenters. The average Bonchev–Trinajstić information content (AvgIpc) is 2.12. The molecule has 17 heavy (non-hydrogen) atoms. The van der Waals surface area contributed by atoms with Gasteiger partial charge in [-0.1, -0.05) is 0 Å². The fraction of sp³-hybridized carbons (Fsp3) is 0. The molecule has 0 unspecified atom stereocenters. The van der Waals surface area contributed by atoms with Crippen molar-refractivity contribution >= 4 is 76.2 Å². The van der Waals surface area contributed by atoms with Crippen LogP contribution in [0, 0.1) is 0 Å². The van der Waals surface area contributed by atoms with Crippen LogP contribution in [-0.4, -0.2) is 41.4 Å². The van der Waals surface area contributed by atoms with Crippen molar-refractivity contribution in [3.05, 3.63) is 32.3 Å². The van der Waals surface area contributed by atoms with Crippen LogP contribution < -0.4 is 37.7 Å². The average molecular weight is 407 g/mol. The number of hydrogen-bond acceptors (Lipinski definition) is 2. The van der Waals surface area contributed by atoms with Crippen molar-refractivity contribution in [2.45, 2.75) is 0 Å². The van der Waals surface area contributed by atoms with Gasteiger partial charge in [0.15, 0.2) is 0 Å². The third-order valence-corrected chi connectivity index (χ3v) is 3.74. The monoisotopic (exact) mass is 408 g/mol. The molecule has 0 saturated carbocycles. The van der Waals surface area contributed by atoms with E-state index < -0.39 is 9.36 Å². The number of benzene rings is 1. The third-order valence-electron chi connectivity index (χ3n) is 1.59. The molecule has 9 heteroatoms. The molecule has 0 spiro atoms. The smallest absolute Gasteiger partial charge is 1.00 e. The molecule has 0 aliphatic carbocycles. The minimum atomic E-state index is -0.461. The van der Waals surface area contributed by atoms with Crippen LogP contribution in [0.3, 0.4) is 0 Å². The molecular weight excluding hydrogens is 406 g/mol. The van der Waals surface area contributed by atoms with Gasteiger partial charge in [-0.15, -0.1) is 0 Å². The van der Waals surface area contributed by atoms with E-state index in [-0.39, 0.29) is 63.9 Å². The first-order valence-corrected chi connectivity index (χ1v) is 6.31. The Balaban J connectivity index is 0. The first-order chi connectivity index (χ1) is 6.86. The fourth-order valence-electron chi connectivity index (χ4n) is 0.956. The van der Waals surface area contributed by atoms with Crippen LogP contribution in [-0.2, 0) is 0 Å². The molecule has 0 aliphatic heterocycles. The zero-order valence-corrected chi connectivity index (χ0v) is 14.5. The molecule has 0 aromatic heterocycles. The summed E-state index contributed by atoms with van der Waals surface area (Å²) in [6, 6.07) is 1.30. The van der Waals surface area contributed by atoms with E-state index >= 15 is 0 Å². The van der Waals surface area contributed by atoms with Crippen LogP contribution in [0.4, 0.5) is 0 Å². The SMILES string of the molecule is O=C([Se-])c1cc(Cl)c(Cl)c(Cl)c1C(=O)[Se-].[Li+].[Li+]. The molecule has 2 nitrogen and oxygen atoms in total. The molecule has 0 aliphatic rings. The van der Waals surface area contributed by atoms with Gasteiger partial charge in [-0.25, -0.2) is 0 Å². The number of rotatable bonds is 2. The van der Waals surface area contributed by atoms with Crippen molar-refractivity contribution in [1.82, 2.24) is 0 Å². The Kier molecular flexibility index (Phi) is 10.8. The van der Waals surface area contributed by atoms with E-state index in [4.69, 9.17) is 34.8 Å². The van der Waals surface area contributed by atoms with Gasteiger partial charge in [0.25, 0.3) is 0 Å². The number of halogens is 3. The van der Waals surface area contributed by atoms with Gasteiger partial charge in [0.05, 0.1) is 0 Å². The van der Waals surface area contributed by atoms with Crippen LogP contribution >= 0.6 is 34.8 Å². The maximum absolute atomic E-state index is 11.2. The van der Waals surface area contributed by atoms with E-state index in [2.05, 4.69) is 32.0 Å². The Hall–Kier alpha value is 1.66. The predicted octanol–water partition coefficient (Wildman–Crippen LogP) is -3.73. The molecule has 0 bridgehead atoms. The van der Waals surface area contributed by atoms with Crippen LogP contribution in [0.2, 0.25) is 15.1 Å². The molecule has 1 rings (SSSR count). The van der Waals surface area contributed by atoms with Crippen molar-refractivity contribution in [2.75, 3.05) is 0 Å². The summed E-state index contributed by atoms with van der Waals surface area (Å²) in [5, 5.41) is 0.165. The molecule has 0 amide bonds. The van der Waals surface area contributed by atoms with Gasteiger partial charge < -0.3 is 0 Å². The van der Waals surface area contributed by atoms with Crippen LogP contribution in [0.5, 0.6) is 0 Å². The summed E-state index contributed by atoms with van der Waals surface area (Å²) in [4.78, 5) is 22.5. The van der Waals surface area contributed by atoms with Crippen LogP contribution in [0.25, 0.3) is 0 Å². The van der Waals surface area contributed by atoms with E-state index in [1.807, 2.05) is 0 Å². The summed E-state index contributed by atoms with van der Waals surface area (Å²) in [6.45, 7) is 0. The topological polar surface area (TPSA) is 34.1 Å². The summed E-state index contributed by atoms with van der Waals surface area (Å²) in [7, 11) is 0.